The summed E-state index contributed by atoms with van der Waals surface area (Å²) in [5, 5.41) is 1.15. The summed E-state index contributed by atoms with van der Waals surface area (Å²) in [4.78, 5) is 15.9. The molecule has 0 saturated carbocycles. The van der Waals surface area contributed by atoms with E-state index in [1.54, 1.807) is 6.07 Å². The van der Waals surface area contributed by atoms with E-state index in [1.165, 1.54) is 13.4 Å². The smallest absolute Gasteiger partial charge is 0.310 e. The van der Waals surface area contributed by atoms with Gasteiger partial charge in [0.05, 0.1) is 19.8 Å². The number of fused-ring (bicyclic) bond motifs is 1. The van der Waals surface area contributed by atoms with Crippen molar-refractivity contribution in [1.82, 2.24) is 4.98 Å². The molecule has 0 unspecified atom stereocenters. The average molecular weight is 360 g/mol. The zero-order chi connectivity index (χ0) is 18.0. The maximum atomic E-state index is 11.5. The number of aryl methyl sites for hydroxylation is 2. The Balaban J connectivity index is 1.83. The van der Waals surface area contributed by atoms with E-state index in [0.29, 0.717) is 23.0 Å². The van der Waals surface area contributed by atoms with Gasteiger partial charge in [-0.15, -0.1) is 0 Å². The van der Waals surface area contributed by atoms with E-state index in [0.717, 1.165) is 27.9 Å². The van der Waals surface area contributed by atoms with Crippen molar-refractivity contribution in [2.45, 2.75) is 26.9 Å². The highest BCUT2D eigenvalue weighted by Gasteiger charge is 2.16. The van der Waals surface area contributed by atoms with Gasteiger partial charge in [-0.25, -0.2) is 0 Å². The highest BCUT2D eigenvalue weighted by atomic mass is 35.5. The van der Waals surface area contributed by atoms with Crippen molar-refractivity contribution in [3.63, 3.8) is 0 Å². The Hall–Kier alpha value is -2.53. The second kappa shape index (κ2) is 7.15. The van der Waals surface area contributed by atoms with Gasteiger partial charge in [0.1, 0.15) is 17.4 Å². The third-order valence-electron chi connectivity index (χ3n) is 4.01. The summed E-state index contributed by atoms with van der Waals surface area (Å²) in [5.74, 6) is 0.189. The Morgan fingerprint density at radius 1 is 1.20 bits per heavy atom. The summed E-state index contributed by atoms with van der Waals surface area (Å²) >= 11 is 6.41. The summed E-state index contributed by atoms with van der Waals surface area (Å²) in [7, 11) is 1.35. The molecule has 0 saturated heterocycles. The molecule has 0 amide bonds. The van der Waals surface area contributed by atoms with Crippen LogP contribution in [0.25, 0.3) is 11.0 Å². The van der Waals surface area contributed by atoms with Crippen LogP contribution in [-0.2, 0) is 22.6 Å². The fraction of sp³-hybridized carbons (Fsp3) is 0.263. The summed E-state index contributed by atoms with van der Waals surface area (Å²) in [6.07, 6.45) is 1.65. The SMILES string of the molecule is COC(=O)Cc1coc2c(Cl)c(OCc3ccc(C)nc3C)ccc12. The van der Waals surface area contributed by atoms with Gasteiger partial charge < -0.3 is 13.9 Å². The number of carbonyl (C=O) groups is 1. The van der Waals surface area contributed by atoms with Crippen molar-refractivity contribution < 1.29 is 18.7 Å². The Morgan fingerprint density at radius 2 is 2.00 bits per heavy atom. The molecule has 5 nitrogen and oxygen atoms in total. The first-order valence-corrected chi connectivity index (χ1v) is 8.18. The highest BCUT2D eigenvalue weighted by molar-refractivity contribution is 6.36. The Kier molecular flexibility index (Phi) is 4.95. The van der Waals surface area contributed by atoms with E-state index in [1.807, 2.05) is 32.0 Å². The number of furan rings is 1. The quantitative estimate of drug-likeness (QED) is 0.632. The second-order valence-electron chi connectivity index (χ2n) is 5.75. The van der Waals surface area contributed by atoms with Gasteiger partial charge in [0, 0.05) is 27.9 Å². The van der Waals surface area contributed by atoms with Gasteiger partial charge in [-0.05, 0) is 32.0 Å². The van der Waals surface area contributed by atoms with Crippen LogP contribution in [0.2, 0.25) is 5.02 Å². The summed E-state index contributed by atoms with van der Waals surface area (Å²) in [5.41, 5.74) is 4.11. The summed E-state index contributed by atoms with van der Waals surface area (Å²) in [6, 6.07) is 7.55. The zero-order valence-electron chi connectivity index (χ0n) is 14.3. The van der Waals surface area contributed by atoms with Crippen LogP contribution in [0.5, 0.6) is 5.75 Å². The molecule has 0 N–H and O–H groups in total. The van der Waals surface area contributed by atoms with E-state index in [9.17, 15) is 4.79 Å². The molecule has 1 aromatic carbocycles. The molecular weight excluding hydrogens is 342 g/mol. The van der Waals surface area contributed by atoms with Crippen LogP contribution in [0.1, 0.15) is 22.5 Å². The Bertz CT molecular complexity index is 933. The lowest BCUT2D eigenvalue weighted by atomic mass is 10.1. The minimum atomic E-state index is -0.332. The predicted molar refractivity (Wildman–Crippen MR) is 95.0 cm³/mol. The van der Waals surface area contributed by atoms with Crippen LogP contribution in [0, 0.1) is 13.8 Å². The molecule has 0 atom stereocenters. The van der Waals surface area contributed by atoms with Crippen LogP contribution >= 0.6 is 11.6 Å². The van der Waals surface area contributed by atoms with E-state index in [2.05, 4.69) is 9.72 Å². The number of nitrogens with zero attached hydrogens (tertiary/aromatic N) is 1. The number of carbonyl (C=O) groups excluding carboxylic acids is 1. The Labute approximate surface area is 150 Å². The number of hydrogen-bond acceptors (Lipinski definition) is 5. The molecule has 0 aliphatic heterocycles. The molecule has 0 aliphatic rings. The third-order valence-corrected chi connectivity index (χ3v) is 4.36. The number of ether oxygens (including phenoxy) is 2. The molecule has 0 spiro atoms. The number of hydrogen-bond donors (Lipinski definition) is 0. The highest BCUT2D eigenvalue weighted by Crippen LogP contribution is 2.36. The number of esters is 1. The number of rotatable bonds is 5. The summed E-state index contributed by atoms with van der Waals surface area (Å²) in [6.45, 7) is 4.26. The van der Waals surface area contributed by atoms with Crippen molar-refractivity contribution in [3.05, 3.63) is 58.1 Å². The molecule has 6 heteroatoms. The first-order chi connectivity index (χ1) is 12.0. The normalized spacial score (nSPS) is 10.9. The largest absolute Gasteiger partial charge is 0.487 e. The van der Waals surface area contributed by atoms with Crippen LogP contribution in [0.15, 0.2) is 34.9 Å². The maximum absolute atomic E-state index is 11.5. The minimum absolute atomic E-state index is 0.133. The molecule has 2 aromatic heterocycles. The van der Waals surface area contributed by atoms with Gasteiger partial charge >= 0.3 is 5.97 Å². The lowest BCUT2D eigenvalue weighted by Crippen LogP contribution is -2.03. The lowest BCUT2D eigenvalue weighted by molar-refractivity contribution is -0.139. The number of pyridine rings is 1. The minimum Gasteiger partial charge on any atom is -0.487 e. The second-order valence-corrected chi connectivity index (χ2v) is 6.13. The lowest BCUT2D eigenvalue weighted by Gasteiger charge is -2.10. The summed E-state index contributed by atoms with van der Waals surface area (Å²) < 4.78 is 16.1. The molecular formula is C19H18ClNO4. The van der Waals surface area contributed by atoms with Crippen molar-refractivity contribution in [1.29, 1.82) is 0 Å². The third kappa shape index (κ3) is 3.61. The standard InChI is InChI=1S/C19H18ClNO4/c1-11-4-5-13(12(2)21-11)9-24-16-7-6-15-14(8-17(22)23-3)10-25-19(15)18(16)20/h4-7,10H,8-9H2,1-3H3. The molecule has 3 rings (SSSR count). The number of benzene rings is 1. The average Bonchev–Trinajstić information content (AvgIpc) is 2.99. The van der Waals surface area contributed by atoms with Crippen LogP contribution in [-0.4, -0.2) is 18.1 Å². The first-order valence-electron chi connectivity index (χ1n) is 7.81. The van der Waals surface area contributed by atoms with E-state index < -0.39 is 0 Å². The van der Waals surface area contributed by atoms with Crippen LogP contribution in [0.4, 0.5) is 0 Å². The van der Waals surface area contributed by atoms with Crippen molar-refractivity contribution in [3.8, 4) is 5.75 Å². The molecule has 0 bridgehead atoms. The predicted octanol–water partition coefficient (Wildman–Crippen LogP) is 4.39. The molecule has 3 aromatic rings. The van der Waals surface area contributed by atoms with Gasteiger partial charge in [0.2, 0.25) is 0 Å². The van der Waals surface area contributed by atoms with Crippen LogP contribution in [0.3, 0.4) is 0 Å². The van der Waals surface area contributed by atoms with Crippen molar-refractivity contribution in [2.75, 3.05) is 7.11 Å². The molecule has 2 heterocycles. The van der Waals surface area contributed by atoms with Crippen LogP contribution < -0.4 is 4.74 Å². The van der Waals surface area contributed by atoms with Gasteiger partial charge in [0.25, 0.3) is 0 Å². The van der Waals surface area contributed by atoms with Crippen molar-refractivity contribution >= 4 is 28.5 Å². The maximum Gasteiger partial charge on any atom is 0.310 e. The molecule has 0 aliphatic carbocycles. The molecule has 0 radical (unpaired) electrons. The zero-order valence-corrected chi connectivity index (χ0v) is 15.0. The molecule has 25 heavy (non-hydrogen) atoms. The van der Waals surface area contributed by atoms with E-state index in [-0.39, 0.29) is 12.4 Å². The fourth-order valence-electron chi connectivity index (χ4n) is 2.60. The first kappa shape index (κ1) is 17.3. The monoisotopic (exact) mass is 359 g/mol. The van der Waals surface area contributed by atoms with E-state index in [4.69, 9.17) is 20.8 Å². The van der Waals surface area contributed by atoms with Gasteiger partial charge in [0.15, 0.2) is 5.58 Å². The van der Waals surface area contributed by atoms with Crippen molar-refractivity contribution in [2.24, 2.45) is 0 Å². The number of aromatic nitrogens is 1. The number of halogens is 1. The fourth-order valence-corrected chi connectivity index (χ4v) is 2.86. The molecule has 0 fully saturated rings. The van der Waals surface area contributed by atoms with Gasteiger partial charge in [-0.1, -0.05) is 17.7 Å². The molecule has 130 valence electrons. The number of methoxy groups -OCH3 is 1. The van der Waals surface area contributed by atoms with Gasteiger partial charge in [-0.3, -0.25) is 9.78 Å². The van der Waals surface area contributed by atoms with E-state index >= 15 is 0 Å². The Morgan fingerprint density at radius 3 is 2.72 bits per heavy atom. The van der Waals surface area contributed by atoms with Gasteiger partial charge in [-0.2, -0.15) is 0 Å². The topological polar surface area (TPSA) is 61.6 Å².